The topological polar surface area (TPSA) is 32.6 Å². The second kappa shape index (κ2) is 8.65. The fraction of sp³-hybridized carbons (Fsp3) is 0. The lowest BCUT2D eigenvalue weighted by molar-refractivity contribution is 0.477. The Hall–Kier alpha value is -3.22. The molecule has 136 valence electrons. The van der Waals surface area contributed by atoms with Crippen LogP contribution in [0.15, 0.2) is 114 Å². The van der Waals surface area contributed by atoms with Crippen LogP contribution in [0.2, 0.25) is 0 Å². The van der Waals surface area contributed by atoms with Crippen LogP contribution in [0.4, 0.5) is 5.69 Å². The van der Waals surface area contributed by atoms with Crippen molar-refractivity contribution in [1.29, 1.82) is 0 Å². The molecule has 0 spiro atoms. The lowest BCUT2D eigenvalue weighted by Crippen LogP contribution is -2.23. The molecule has 4 aromatic carbocycles. The summed E-state index contributed by atoms with van der Waals surface area (Å²) in [6, 6.07) is 36.7. The van der Waals surface area contributed by atoms with Crippen molar-refractivity contribution < 1.29 is 5.11 Å². The average molecular weight is 381 g/mol. The van der Waals surface area contributed by atoms with Crippen molar-refractivity contribution in [2.45, 2.75) is 0 Å². The monoisotopic (exact) mass is 381 g/mol. The molecule has 0 atom stereocenters. The molecule has 0 unspecified atom stereocenters. The number of para-hydroxylation sites is 2. The predicted octanol–water partition coefficient (Wildman–Crippen LogP) is 4.90. The van der Waals surface area contributed by atoms with Gasteiger partial charge in [-0.05, 0) is 36.0 Å². The number of nitrogens with zero attached hydrogens (tertiary/aromatic N) is 1. The normalized spacial score (nSPS) is 11.2. The highest BCUT2D eigenvalue weighted by atomic mass is 31.1. The number of rotatable bonds is 5. The Morgan fingerprint density at radius 3 is 1.79 bits per heavy atom. The van der Waals surface area contributed by atoms with Gasteiger partial charge in [0.05, 0.1) is 0 Å². The molecule has 0 aliphatic carbocycles. The highest BCUT2D eigenvalue weighted by molar-refractivity contribution is 7.80. The standard InChI is InChI=1S/C25H20NOP/c27-24-17-9-8-16-23(24)26-19-20-11-7-10-18-25(20)28(21-12-3-1-4-13-21)22-14-5-2-6-15-22/h1-19,27H/b26-19+. The van der Waals surface area contributed by atoms with Gasteiger partial charge in [-0.25, -0.2) is 0 Å². The number of aromatic hydroxyl groups is 1. The first-order valence-electron chi connectivity index (χ1n) is 9.14. The summed E-state index contributed by atoms with van der Waals surface area (Å²) < 4.78 is 0. The first-order chi connectivity index (χ1) is 13.8. The average Bonchev–Trinajstić information content (AvgIpc) is 2.76. The summed E-state index contributed by atoms with van der Waals surface area (Å²) in [7, 11) is -0.709. The second-order valence-electron chi connectivity index (χ2n) is 6.31. The number of phenolic OH excluding ortho intramolecular Hbond substituents is 1. The Kier molecular flexibility index (Phi) is 5.61. The third-order valence-corrected chi connectivity index (χ3v) is 6.95. The van der Waals surface area contributed by atoms with Gasteiger partial charge in [-0.3, -0.25) is 4.99 Å². The van der Waals surface area contributed by atoms with Crippen molar-refractivity contribution in [2.24, 2.45) is 4.99 Å². The third-order valence-electron chi connectivity index (χ3n) is 4.43. The van der Waals surface area contributed by atoms with E-state index in [1.807, 2.05) is 36.5 Å². The summed E-state index contributed by atoms with van der Waals surface area (Å²) in [5.74, 6) is 0.185. The van der Waals surface area contributed by atoms with Crippen molar-refractivity contribution in [1.82, 2.24) is 0 Å². The molecule has 0 saturated heterocycles. The van der Waals surface area contributed by atoms with Crippen LogP contribution in [-0.2, 0) is 0 Å². The minimum Gasteiger partial charge on any atom is -0.506 e. The molecule has 4 aromatic rings. The van der Waals surface area contributed by atoms with Crippen molar-refractivity contribution in [2.75, 3.05) is 0 Å². The molecule has 3 heteroatoms. The molecule has 0 radical (unpaired) electrons. The van der Waals surface area contributed by atoms with Gasteiger partial charge in [0.25, 0.3) is 0 Å². The quantitative estimate of drug-likeness (QED) is 0.387. The molecule has 0 fully saturated rings. The predicted molar refractivity (Wildman–Crippen MR) is 121 cm³/mol. The molecular weight excluding hydrogens is 361 g/mol. The Morgan fingerprint density at radius 2 is 1.14 bits per heavy atom. The molecule has 0 amide bonds. The van der Waals surface area contributed by atoms with Crippen LogP contribution < -0.4 is 15.9 Å². The van der Waals surface area contributed by atoms with Gasteiger partial charge < -0.3 is 5.11 Å². The van der Waals surface area contributed by atoms with Crippen molar-refractivity contribution >= 4 is 35.7 Å². The van der Waals surface area contributed by atoms with Crippen molar-refractivity contribution in [3.63, 3.8) is 0 Å². The Labute approximate surface area is 166 Å². The van der Waals surface area contributed by atoms with Crippen LogP contribution >= 0.6 is 7.92 Å². The fourth-order valence-electron chi connectivity index (χ4n) is 3.09. The zero-order valence-corrected chi connectivity index (χ0v) is 16.2. The van der Waals surface area contributed by atoms with E-state index in [9.17, 15) is 5.11 Å². The lowest BCUT2D eigenvalue weighted by atomic mass is 10.2. The van der Waals surface area contributed by atoms with Gasteiger partial charge in [0, 0.05) is 11.8 Å². The van der Waals surface area contributed by atoms with Crippen LogP contribution in [0.3, 0.4) is 0 Å². The Morgan fingerprint density at radius 1 is 0.607 bits per heavy atom. The molecular formula is C25H20NOP. The SMILES string of the molecule is Oc1ccccc1/N=C/c1ccccc1P(c1ccccc1)c1ccccc1. The van der Waals surface area contributed by atoms with E-state index < -0.39 is 7.92 Å². The van der Waals surface area contributed by atoms with Gasteiger partial charge in [0.1, 0.15) is 11.4 Å². The zero-order valence-electron chi connectivity index (χ0n) is 15.3. The van der Waals surface area contributed by atoms with Crippen LogP contribution in [0, 0.1) is 0 Å². The maximum Gasteiger partial charge on any atom is 0.141 e. The van der Waals surface area contributed by atoms with Crippen molar-refractivity contribution in [3.8, 4) is 5.75 Å². The summed E-state index contributed by atoms with van der Waals surface area (Å²) in [6.07, 6.45) is 1.85. The summed E-state index contributed by atoms with van der Waals surface area (Å²) >= 11 is 0. The van der Waals surface area contributed by atoms with E-state index in [4.69, 9.17) is 0 Å². The molecule has 1 N–H and O–H groups in total. The Bertz CT molecular complexity index is 1040. The summed E-state index contributed by atoms with van der Waals surface area (Å²) in [6.45, 7) is 0. The van der Waals surface area contributed by atoms with Crippen LogP contribution in [0.5, 0.6) is 5.75 Å². The number of hydrogen-bond acceptors (Lipinski definition) is 2. The van der Waals surface area contributed by atoms with E-state index in [0.29, 0.717) is 5.69 Å². The molecule has 0 aliphatic rings. The first kappa shape index (κ1) is 18.2. The van der Waals surface area contributed by atoms with Gasteiger partial charge in [-0.2, -0.15) is 0 Å². The van der Waals surface area contributed by atoms with Gasteiger partial charge in [-0.1, -0.05) is 97.1 Å². The maximum absolute atomic E-state index is 10.0. The lowest BCUT2D eigenvalue weighted by Gasteiger charge is -2.21. The number of aliphatic imine (C=N–C) groups is 1. The van der Waals surface area contributed by atoms with E-state index in [0.717, 1.165) is 5.56 Å². The molecule has 2 nitrogen and oxygen atoms in total. The number of benzene rings is 4. The molecule has 0 aromatic heterocycles. The molecule has 4 rings (SSSR count). The van der Waals surface area contributed by atoms with E-state index in [-0.39, 0.29) is 5.75 Å². The van der Waals surface area contributed by atoms with Crippen LogP contribution in [0.25, 0.3) is 0 Å². The number of phenols is 1. The number of hydrogen-bond donors (Lipinski definition) is 1. The molecule has 0 bridgehead atoms. The van der Waals surface area contributed by atoms with E-state index >= 15 is 0 Å². The minimum atomic E-state index is -0.709. The van der Waals surface area contributed by atoms with E-state index in [1.54, 1.807) is 12.1 Å². The summed E-state index contributed by atoms with van der Waals surface area (Å²) in [5.41, 5.74) is 1.63. The molecule has 28 heavy (non-hydrogen) atoms. The van der Waals surface area contributed by atoms with Gasteiger partial charge in [0.15, 0.2) is 0 Å². The largest absolute Gasteiger partial charge is 0.506 e. The van der Waals surface area contributed by atoms with Gasteiger partial charge in [0.2, 0.25) is 0 Å². The van der Waals surface area contributed by atoms with E-state index in [2.05, 4.69) is 71.7 Å². The first-order valence-corrected chi connectivity index (χ1v) is 10.5. The highest BCUT2D eigenvalue weighted by Crippen LogP contribution is 2.34. The highest BCUT2D eigenvalue weighted by Gasteiger charge is 2.18. The second-order valence-corrected chi connectivity index (χ2v) is 8.50. The Balaban J connectivity index is 1.81. The molecule has 0 saturated carbocycles. The molecule has 0 heterocycles. The summed E-state index contributed by atoms with van der Waals surface area (Å²) in [5, 5.41) is 13.9. The van der Waals surface area contributed by atoms with Crippen molar-refractivity contribution in [3.05, 3.63) is 115 Å². The van der Waals surface area contributed by atoms with E-state index in [1.165, 1.54) is 15.9 Å². The van der Waals surface area contributed by atoms with Crippen LogP contribution in [-0.4, -0.2) is 11.3 Å². The third kappa shape index (κ3) is 4.03. The van der Waals surface area contributed by atoms with Gasteiger partial charge >= 0.3 is 0 Å². The maximum atomic E-state index is 10.0. The smallest absolute Gasteiger partial charge is 0.141 e. The van der Waals surface area contributed by atoms with Crippen LogP contribution in [0.1, 0.15) is 5.56 Å². The fourth-order valence-corrected chi connectivity index (χ4v) is 5.51. The molecule has 0 aliphatic heterocycles. The summed E-state index contributed by atoms with van der Waals surface area (Å²) in [4.78, 5) is 4.54. The zero-order chi connectivity index (χ0) is 19.2. The van der Waals surface area contributed by atoms with Gasteiger partial charge in [-0.15, -0.1) is 0 Å². The minimum absolute atomic E-state index is 0.185.